The summed E-state index contributed by atoms with van der Waals surface area (Å²) < 4.78 is 58.1. The maximum atomic E-state index is 13.5. The number of hydrogen-bond donors (Lipinski definition) is 0. The van der Waals surface area contributed by atoms with Crippen molar-refractivity contribution in [3.63, 3.8) is 0 Å². The van der Waals surface area contributed by atoms with Crippen LogP contribution in [0.4, 0.5) is 17.6 Å². The molecule has 23 heavy (non-hydrogen) atoms. The molecule has 0 bridgehead atoms. The summed E-state index contributed by atoms with van der Waals surface area (Å²) >= 11 is 5.79. The average Bonchev–Trinajstić information content (AvgIpc) is 2.96. The molecule has 1 saturated carbocycles. The van der Waals surface area contributed by atoms with Gasteiger partial charge >= 0.3 is 5.97 Å². The Bertz CT molecular complexity index is 655. The van der Waals surface area contributed by atoms with Crippen LogP contribution in [0.2, 0.25) is 0 Å². The maximum absolute atomic E-state index is 13.5. The summed E-state index contributed by atoms with van der Waals surface area (Å²) in [4.78, 5) is 12.1. The summed E-state index contributed by atoms with van der Waals surface area (Å²) in [5.74, 6) is -7.61. The Morgan fingerprint density at radius 1 is 1.26 bits per heavy atom. The van der Waals surface area contributed by atoms with Crippen molar-refractivity contribution in [3.8, 4) is 0 Å². The van der Waals surface area contributed by atoms with Gasteiger partial charge in [-0.05, 0) is 18.3 Å². The number of ether oxygens (including phenoxy) is 1. The number of carbonyl (C=O) groups is 1. The highest BCUT2D eigenvalue weighted by Crippen LogP contribution is 2.60. The van der Waals surface area contributed by atoms with Gasteiger partial charge in [0, 0.05) is 11.1 Å². The summed E-state index contributed by atoms with van der Waals surface area (Å²) in [6, 6.07) is 0.101. The Kier molecular flexibility index (Phi) is 4.76. The Labute approximate surface area is 136 Å². The number of rotatable bonds is 4. The summed E-state index contributed by atoms with van der Waals surface area (Å²) in [5, 5.41) is 0.516. The monoisotopic (exact) mass is 350 g/mol. The number of esters is 1. The molecular formula is C16H15ClF4O2. The molecule has 1 fully saturated rings. The molecule has 0 radical (unpaired) electrons. The summed E-state index contributed by atoms with van der Waals surface area (Å²) in [5.41, 5.74) is -1.35. The first kappa shape index (κ1) is 17.8. The molecular weight excluding hydrogens is 336 g/mol. The molecule has 2 nitrogen and oxygen atoms in total. The minimum atomic E-state index is -1.57. The fourth-order valence-corrected chi connectivity index (χ4v) is 2.80. The number of allylic oxidation sites excluding steroid dienone is 2. The molecule has 0 N–H and O–H groups in total. The molecule has 0 saturated heterocycles. The van der Waals surface area contributed by atoms with Crippen LogP contribution in [0.1, 0.15) is 26.3 Å². The minimum Gasteiger partial charge on any atom is -0.460 e. The lowest BCUT2D eigenvalue weighted by molar-refractivity contribution is -0.147. The van der Waals surface area contributed by atoms with E-state index in [1.54, 1.807) is 13.0 Å². The molecule has 2 rings (SSSR count). The second-order valence-corrected chi connectivity index (χ2v) is 6.73. The van der Waals surface area contributed by atoms with E-state index >= 15 is 0 Å². The van der Waals surface area contributed by atoms with Crippen LogP contribution in [0.3, 0.4) is 0 Å². The number of carbonyl (C=O) groups excluding carboxylic acids is 1. The largest absolute Gasteiger partial charge is 0.460 e. The fraction of sp³-hybridized carbons (Fsp3) is 0.438. The predicted molar refractivity (Wildman–Crippen MR) is 76.4 cm³/mol. The van der Waals surface area contributed by atoms with Crippen LogP contribution in [0.15, 0.2) is 17.2 Å². The zero-order valence-electron chi connectivity index (χ0n) is 12.7. The van der Waals surface area contributed by atoms with Gasteiger partial charge in [0.05, 0.1) is 11.5 Å². The lowest BCUT2D eigenvalue weighted by atomic mass is 10.1. The number of benzene rings is 1. The molecule has 1 aliphatic rings. The third-order valence-corrected chi connectivity index (χ3v) is 4.26. The third-order valence-electron chi connectivity index (χ3n) is 4.14. The van der Waals surface area contributed by atoms with E-state index in [9.17, 15) is 22.4 Å². The van der Waals surface area contributed by atoms with Gasteiger partial charge in [-0.15, -0.1) is 0 Å². The van der Waals surface area contributed by atoms with Crippen molar-refractivity contribution in [2.75, 3.05) is 0 Å². The predicted octanol–water partition coefficient (Wildman–Crippen LogP) is 4.70. The molecule has 0 spiro atoms. The van der Waals surface area contributed by atoms with Gasteiger partial charge in [-0.2, -0.15) is 0 Å². The Balaban J connectivity index is 2.11. The van der Waals surface area contributed by atoms with Crippen LogP contribution in [0, 0.1) is 40.5 Å². The van der Waals surface area contributed by atoms with Gasteiger partial charge in [0.25, 0.3) is 0 Å². The Morgan fingerprint density at radius 3 is 2.26 bits per heavy atom. The van der Waals surface area contributed by atoms with Gasteiger partial charge < -0.3 is 4.74 Å². The van der Waals surface area contributed by atoms with E-state index in [1.165, 1.54) is 0 Å². The average molecular weight is 351 g/mol. The fourth-order valence-electron chi connectivity index (χ4n) is 2.67. The molecule has 0 heterocycles. The molecule has 2 atom stereocenters. The number of halogens is 5. The molecule has 0 unspecified atom stereocenters. The molecule has 126 valence electrons. The molecule has 1 aromatic rings. The quantitative estimate of drug-likeness (QED) is 0.447. The Hall–Kier alpha value is -1.56. The minimum absolute atomic E-state index is 0.101. The van der Waals surface area contributed by atoms with Gasteiger partial charge in [-0.1, -0.05) is 31.5 Å². The van der Waals surface area contributed by atoms with Crippen molar-refractivity contribution in [1.29, 1.82) is 0 Å². The van der Waals surface area contributed by atoms with E-state index in [0.717, 1.165) is 0 Å². The van der Waals surface area contributed by atoms with Gasteiger partial charge in [0.2, 0.25) is 0 Å². The smallest absolute Gasteiger partial charge is 0.310 e. The summed E-state index contributed by atoms with van der Waals surface area (Å²) in [6.45, 7) is 4.43. The lowest BCUT2D eigenvalue weighted by Gasteiger charge is -2.09. The van der Waals surface area contributed by atoms with E-state index < -0.39 is 52.7 Å². The summed E-state index contributed by atoms with van der Waals surface area (Å²) in [7, 11) is 0. The third kappa shape index (κ3) is 3.37. The van der Waals surface area contributed by atoms with Crippen LogP contribution >= 0.6 is 11.6 Å². The van der Waals surface area contributed by atoms with E-state index in [1.807, 2.05) is 13.8 Å². The Morgan fingerprint density at radius 2 is 1.78 bits per heavy atom. The maximum Gasteiger partial charge on any atom is 0.310 e. The second-order valence-electron chi connectivity index (χ2n) is 6.13. The topological polar surface area (TPSA) is 26.3 Å². The van der Waals surface area contributed by atoms with Gasteiger partial charge in [0.15, 0.2) is 23.3 Å². The van der Waals surface area contributed by atoms with E-state index in [4.69, 9.17) is 16.3 Å². The molecule has 0 amide bonds. The highest BCUT2D eigenvalue weighted by Gasteiger charge is 2.61. The number of hydrogen-bond acceptors (Lipinski definition) is 2. The first-order valence-electron chi connectivity index (χ1n) is 6.89. The van der Waals surface area contributed by atoms with Crippen LogP contribution in [-0.4, -0.2) is 5.97 Å². The van der Waals surface area contributed by atoms with E-state index in [0.29, 0.717) is 5.03 Å². The van der Waals surface area contributed by atoms with Crippen LogP contribution in [0.5, 0.6) is 0 Å². The van der Waals surface area contributed by atoms with Gasteiger partial charge in [-0.3, -0.25) is 4.79 Å². The SMILES string of the molecule is C/C(Cl)=C\[C@@H]1[C@@H](C(=O)OCc2c(F)c(F)cc(F)c2F)C1(C)C. The van der Waals surface area contributed by atoms with Crippen molar-refractivity contribution < 1.29 is 27.1 Å². The van der Waals surface area contributed by atoms with Crippen LogP contribution < -0.4 is 0 Å². The van der Waals surface area contributed by atoms with Crippen molar-refractivity contribution in [2.45, 2.75) is 27.4 Å². The molecule has 0 aliphatic heterocycles. The van der Waals surface area contributed by atoms with E-state index in [2.05, 4.69) is 0 Å². The zero-order chi connectivity index (χ0) is 17.5. The van der Waals surface area contributed by atoms with Crippen molar-refractivity contribution in [1.82, 2.24) is 0 Å². The first-order chi connectivity index (χ1) is 10.6. The van der Waals surface area contributed by atoms with Crippen LogP contribution in [0.25, 0.3) is 0 Å². The van der Waals surface area contributed by atoms with Crippen molar-refractivity contribution in [3.05, 3.63) is 46.0 Å². The zero-order valence-corrected chi connectivity index (χ0v) is 13.5. The molecule has 1 aromatic carbocycles. The van der Waals surface area contributed by atoms with Gasteiger partial charge in [0.1, 0.15) is 6.61 Å². The van der Waals surface area contributed by atoms with Crippen molar-refractivity contribution in [2.24, 2.45) is 17.3 Å². The standard InChI is InChI=1S/C16H15ClF4O2/c1-7(17)4-9-12(16(9,2)3)15(22)23-6-8-13(20)10(18)5-11(19)14(8)21/h4-5,9,12H,6H2,1-3H3/b7-4+/t9-,12+/m1/s1. The van der Waals surface area contributed by atoms with Gasteiger partial charge in [-0.25, -0.2) is 17.6 Å². The molecule has 7 heteroatoms. The molecule has 0 aromatic heterocycles. The van der Waals surface area contributed by atoms with Crippen molar-refractivity contribution >= 4 is 17.6 Å². The summed E-state index contributed by atoms with van der Waals surface area (Å²) in [6.07, 6.45) is 1.70. The molecule has 1 aliphatic carbocycles. The highest BCUT2D eigenvalue weighted by atomic mass is 35.5. The highest BCUT2D eigenvalue weighted by molar-refractivity contribution is 6.29. The normalized spacial score (nSPS) is 22.9. The first-order valence-corrected chi connectivity index (χ1v) is 7.27. The lowest BCUT2D eigenvalue weighted by Crippen LogP contribution is -2.13. The van der Waals surface area contributed by atoms with E-state index in [-0.39, 0.29) is 12.0 Å². The second kappa shape index (κ2) is 6.15. The van der Waals surface area contributed by atoms with Crippen LogP contribution in [-0.2, 0) is 16.1 Å².